The summed E-state index contributed by atoms with van der Waals surface area (Å²) in [5.41, 5.74) is 3.10. The Morgan fingerprint density at radius 1 is 1.12 bits per heavy atom. The molecule has 26 heavy (non-hydrogen) atoms. The Kier molecular flexibility index (Phi) is 7.49. The summed E-state index contributed by atoms with van der Waals surface area (Å²) in [4.78, 5) is 16.8. The van der Waals surface area contributed by atoms with Crippen molar-refractivity contribution in [3.63, 3.8) is 0 Å². The molecule has 6 heteroatoms. The number of nitrogens with one attached hydrogen (secondary N) is 1. The molecule has 0 unspecified atom stereocenters. The minimum Gasteiger partial charge on any atom is -0.493 e. The Balaban J connectivity index is 1.71. The standard InChI is InChI=1S/C20H24N2O4/c1-15-6-4-5-7-17(15)13-22-26-14-20(23)21-11-10-16-8-9-18(24-2)19(12-16)25-3/h4-9,12-13H,10-11,14H2,1-3H3,(H,21,23)/b22-13-. The highest BCUT2D eigenvalue weighted by Gasteiger charge is 2.05. The van der Waals surface area contributed by atoms with Crippen LogP contribution in [0.25, 0.3) is 0 Å². The Labute approximate surface area is 153 Å². The van der Waals surface area contributed by atoms with Crippen LogP contribution in [-0.4, -0.2) is 39.5 Å². The molecule has 2 aromatic carbocycles. The molecule has 0 spiro atoms. The number of carbonyl (C=O) groups excluding carboxylic acids is 1. The first-order valence-electron chi connectivity index (χ1n) is 8.32. The van der Waals surface area contributed by atoms with E-state index in [0.717, 1.165) is 16.7 Å². The van der Waals surface area contributed by atoms with Crippen molar-refractivity contribution in [3.8, 4) is 11.5 Å². The predicted octanol–water partition coefficient (Wildman–Crippen LogP) is 2.72. The van der Waals surface area contributed by atoms with Crippen molar-refractivity contribution >= 4 is 12.1 Å². The van der Waals surface area contributed by atoms with Gasteiger partial charge in [0.2, 0.25) is 0 Å². The molecule has 0 aliphatic rings. The highest BCUT2D eigenvalue weighted by Crippen LogP contribution is 2.27. The van der Waals surface area contributed by atoms with E-state index in [4.69, 9.17) is 14.3 Å². The summed E-state index contributed by atoms with van der Waals surface area (Å²) in [6.07, 6.45) is 2.28. The Hall–Kier alpha value is -3.02. The average molecular weight is 356 g/mol. The minimum absolute atomic E-state index is 0.117. The summed E-state index contributed by atoms with van der Waals surface area (Å²) in [6.45, 7) is 2.37. The minimum atomic E-state index is -0.215. The number of amides is 1. The van der Waals surface area contributed by atoms with E-state index in [2.05, 4.69) is 10.5 Å². The van der Waals surface area contributed by atoms with Gasteiger partial charge in [-0.05, 0) is 42.2 Å². The summed E-state index contributed by atoms with van der Waals surface area (Å²) >= 11 is 0. The Morgan fingerprint density at radius 2 is 1.88 bits per heavy atom. The molecule has 0 aliphatic heterocycles. The number of hydrogen-bond donors (Lipinski definition) is 1. The van der Waals surface area contributed by atoms with Crippen LogP contribution in [0.3, 0.4) is 0 Å². The number of methoxy groups -OCH3 is 2. The molecule has 2 rings (SSSR count). The van der Waals surface area contributed by atoms with Crippen molar-refractivity contribution in [2.45, 2.75) is 13.3 Å². The monoisotopic (exact) mass is 356 g/mol. The molecular weight excluding hydrogens is 332 g/mol. The fraction of sp³-hybridized carbons (Fsp3) is 0.300. The number of rotatable bonds is 9. The van der Waals surface area contributed by atoms with Gasteiger partial charge in [0.25, 0.3) is 5.91 Å². The molecular formula is C20H24N2O4. The van der Waals surface area contributed by atoms with Crippen LogP contribution in [0.1, 0.15) is 16.7 Å². The normalized spacial score (nSPS) is 10.6. The largest absolute Gasteiger partial charge is 0.493 e. The van der Waals surface area contributed by atoms with Gasteiger partial charge in [0.15, 0.2) is 18.1 Å². The van der Waals surface area contributed by atoms with Crippen LogP contribution in [-0.2, 0) is 16.1 Å². The van der Waals surface area contributed by atoms with Gasteiger partial charge in [-0.2, -0.15) is 0 Å². The summed E-state index contributed by atoms with van der Waals surface area (Å²) in [5.74, 6) is 1.14. The van der Waals surface area contributed by atoms with Gasteiger partial charge in [0.1, 0.15) is 0 Å². The van der Waals surface area contributed by atoms with Crippen LogP contribution in [0.2, 0.25) is 0 Å². The van der Waals surface area contributed by atoms with Gasteiger partial charge >= 0.3 is 0 Å². The maximum absolute atomic E-state index is 11.8. The molecule has 6 nitrogen and oxygen atoms in total. The van der Waals surface area contributed by atoms with Crippen LogP contribution in [0.5, 0.6) is 11.5 Å². The van der Waals surface area contributed by atoms with Gasteiger partial charge in [-0.3, -0.25) is 4.79 Å². The summed E-state index contributed by atoms with van der Waals surface area (Å²) in [5, 5.41) is 6.63. The molecule has 0 radical (unpaired) electrons. The van der Waals surface area contributed by atoms with Crippen LogP contribution >= 0.6 is 0 Å². The van der Waals surface area contributed by atoms with Crippen LogP contribution in [0, 0.1) is 6.92 Å². The summed E-state index contributed by atoms with van der Waals surface area (Å²) in [7, 11) is 3.19. The van der Waals surface area contributed by atoms with E-state index < -0.39 is 0 Å². The molecule has 0 atom stereocenters. The van der Waals surface area contributed by atoms with Crippen LogP contribution < -0.4 is 14.8 Å². The second kappa shape index (κ2) is 10.1. The Bertz CT molecular complexity index is 759. The van der Waals surface area contributed by atoms with Crippen LogP contribution in [0.15, 0.2) is 47.6 Å². The highest BCUT2D eigenvalue weighted by atomic mass is 16.6. The maximum atomic E-state index is 11.8. The van der Waals surface area contributed by atoms with E-state index in [9.17, 15) is 4.79 Å². The summed E-state index contributed by atoms with van der Waals surface area (Å²) in [6, 6.07) is 13.5. The van der Waals surface area contributed by atoms with E-state index in [-0.39, 0.29) is 12.5 Å². The second-order valence-electron chi connectivity index (χ2n) is 5.65. The van der Waals surface area contributed by atoms with Crippen molar-refractivity contribution < 1.29 is 19.1 Å². The topological polar surface area (TPSA) is 69.2 Å². The fourth-order valence-corrected chi connectivity index (χ4v) is 2.36. The van der Waals surface area contributed by atoms with Gasteiger partial charge in [-0.15, -0.1) is 0 Å². The van der Waals surface area contributed by atoms with E-state index >= 15 is 0 Å². The van der Waals surface area contributed by atoms with Crippen molar-refractivity contribution in [1.82, 2.24) is 5.32 Å². The number of oxime groups is 1. The average Bonchev–Trinajstić information content (AvgIpc) is 2.66. The molecule has 0 heterocycles. The number of benzene rings is 2. The first kappa shape index (κ1) is 19.3. The fourth-order valence-electron chi connectivity index (χ4n) is 2.36. The highest BCUT2D eigenvalue weighted by molar-refractivity contribution is 5.81. The number of nitrogens with zero attached hydrogens (tertiary/aromatic N) is 1. The zero-order chi connectivity index (χ0) is 18.8. The van der Waals surface area contributed by atoms with E-state index in [0.29, 0.717) is 24.5 Å². The molecule has 0 aliphatic carbocycles. The third-order valence-electron chi connectivity index (χ3n) is 3.83. The van der Waals surface area contributed by atoms with E-state index in [1.54, 1.807) is 20.4 Å². The number of ether oxygens (including phenoxy) is 2. The second-order valence-corrected chi connectivity index (χ2v) is 5.65. The van der Waals surface area contributed by atoms with Gasteiger partial charge in [0.05, 0.1) is 20.4 Å². The molecule has 0 fully saturated rings. The van der Waals surface area contributed by atoms with E-state index in [1.807, 2.05) is 49.4 Å². The van der Waals surface area contributed by atoms with Crippen molar-refractivity contribution in [1.29, 1.82) is 0 Å². The number of carbonyl (C=O) groups is 1. The summed E-state index contributed by atoms with van der Waals surface area (Å²) < 4.78 is 10.5. The molecule has 1 amide bonds. The smallest absolute Gasteiger partial charge is 0.260 e. The Morgan fingerprint density at radius 3 is 2.62 bits per heavy atom. The van der Waals surface area contributed by atoms with Gasteiger partial charge in [-0.1, -0.05) is 35.5 Å². The molecule has 2 aromatic rings. The lowest BCUT2D eigenvalue weighted by Crippen LogP contribution is -2.28. The maximum Gasteiger partial charge on any atom is 0.260 e. The molecule has 0 bridgehead atoms. The zero-order valence-electron chi connectivity index (χ0n) is 15.3. The lowest BCUT2D eigenvalue weighted by molar-refractivity contribution is -0.125. The van der Waals surface area contributed by atoms with Gasteiger partial charge in [0, 0.05) is 6.54 Å². The third kappa shape index (κ3) is 5.81. The quantitative estimate of drug-likeness (QED) is 0.554. The van der Waals surface area contributed by atoms with Gasteiger partial charge < -0.3 is 19.6 Å². The molecule has 0 aromatic heterocycles. The third-order valence-corrected chi connectivity index (χ3v) is 3.83. The molecule has 138 valence electrons. The SMILES string of the molecule is COc1ccc(CCNC(=O)CO/N=C\c2ccccc2C)cc1OC. The predicted molar refractivity (Wildman–Crippen MR) is 101 cm³/mol. The molecule has 0 saturated carbocycles. The van der Waals surface area contributed by atoms with Crippen molar-refractivity contribution in [3.05, 3.63) is 59.2 Å². The van der Waals surface area contributed by atoms with Gasteiger partial charge in [-0.25, -0.2) is 0 Å². The molecule has 1 N–H and O–H groups in total. The zero-order valence-corrected chi connectivity index (χ0v) is 15.3. The first-order valence-corrected chi connectivity index (χ1v) is 8.32. The number of aryl methyl sites for hydroxylation is 1. The lowest BCUT2D eigenvalue weighted by atomic mass is 10.1. The number of hydrogen-bond acceptors (Lipinski definition) is 5. The molecule has 0 saturated heterocycles. The van der Waals surface area contributed by atoms with E-state index in [1.165, 1.54) is 0 Å². The van der Waals surface area contributed by atoms with Crippen molar-refractivity contribution in [2.24, 2.45) is 5.16 Å². The van der Waals surface area contributed by atoms with Crippen LogP contribution in [0.4, 0.5) is 0 Å². The van der Waals surface area contributed by atoms with Crippen molar-refractivity contribution in [2.75, 3.05) is 27.4 Å². The first-order chi connectivity index (χ1) is 12.6. The lowest BCUT2D eigenvalue weighted by Gasteiger charge is -2.10.